The molecule has 84 valence electrons. The lowest BCUT2D eigenvalue weighted by Gasteiger charge is -1.98. The lowest BCUT2D eigenvalue weighted by molar-refractivity contribution is -0.127. The Bertz CT molecular complexity index is 149. The monoisotopic (exact) mass is 220 g/mol. The molecule has 0 heterocycles. The largest absolute Gasteiger partial charge is 0.299 e. The Labute approximate surface area is 92.9 Å². The van der Waals surface area contributed by atoms with Crippen molar-refractivity contribution in [2.75, 3.05) is 0 Å². The molecule has 0 aliphatic heterocycles. The molecule has 0 unspecified atom stereocenters. The van der Waals surface area contributed by atoms with Gasteiger partial charge in [-0.05, 0) is 12.8 Å². The van der Waals surface area contributed by atoms with Crippen LogP contribution in [-0.2, 0) is 9.59 Å². The maximum Gasteiger partial charge on any atom is 0.140 e. The van der Waals surface area contributed by atoms with E-state index in [0.29, 0.717) is 12.8 Å². The molecule has 0 atom stereocenters. The van der Waals surface area contributed by atoms with Crippen molar-refractivity contribution in [3.8, 4) is 0 Å². The van der Waals surface area contributed by atoms with Gasteiger partial charge in [0, 0.05) is 12.8 Å². The number of halogens is 1. The number of unbranched alkanes of at least 4 members (excludes halogenated alkanes) is 2. The summed E-state index contributed by atoms with van der Waals surface area (Å²) < 4.78 is 0. The maximum absolute atomic E-state index is 11.2. The van der Waals surface area contributed by atoms with Crippen LogP contribution in [0.3, 0.4) is 0 Å². The van der Waals surface area contributed by atoms with Gasteiger partial charge < -0.3 is 0 Å². The molecule has 0 N–H and O–H groups in total. The van der Waals surface area contributed by atoms with Crippen molar-refractivity contribution in [3.05, 3.63) is 0 Å². The topological polar surface area (TPSA) is 34.1 Å². The van der Waals surface area contributed by atoms with Gasteiger partial charge in [-0.2, -0.15) is 0 Å². The molecule has 0 saturated heterocycles. The van der Waals surface area contributed by atoms with Crippen molar-refractivity contribution in [2.24, 2.45) is 0 Å². The Balaban J connectivity index is 0. The molecule has 0 bridgehead atoms. The number of Topliss-reactive ketones (excluding diaryl/α,β-unsaturated/α-hetero) is 2. The second kappa shape index (κ2) is 10.7. The van der Waals surface area contributed by atoms with Gasteiger partial charge >= 0.3 is 0 Å². The summed E-state index contributed by atoms with van der Waals surface area (Å²) in [7, 11) is 0. The zero-order valence-electron chi connectivity index (χ0n) is 9.17. The lowest BCUT2D eigenvalue weighted by Crippen LogP contribution is -2.07. The van der Waals surface area contributed by atoms with Crippen LogP contribution in [0.2, 0.25) is 0 Å². The van der Waals surface area contributed by atoms with Gasteiger partial charge in [0.05, 0.1) is 6.42 Å². The Morgan fingerprint density at radius 3 is 1.50 bits per heavy atom. The first-order valence-electron chi connectivity index (χ1n) is 5.24. The van der Waals surface area contributed by atoms with E-state index in [0.717, 1.165) is 25.7 Å². The van der Waals surface area contributed by atoms with Crippen LogP contribution in [0.4, 0.5) is 0 Å². The molecular weight excluding hydrogens is 200 g/mol. The first-order chi connectivity index (χ1) is 6.20. The van der Waals surface area contributed by atoms with Crippen molar-refractivity contribution >= 4 is 24.0 Å². The summed E-state index contributed by atoms with van der Waals surface area (Å²) >= 11 is 0. The Morgan fingerprint density at radius 2 is 1.21 bits per heavy atom. The summed E-state index contributed by atoms with van der Waals surface area (Å²) in [6.45, 7) is 4.10. The van der Waals surface area contributed by atoms with Crippen LogP contribution in [0.25, 0.3) is 0 Å². The van der Waals surface area contributed by atoms with E-state index >= 15 is 0 Å². The minimum atomic E-state index is 0. The third kappa shape index (κ3) is 9.72. The summed E-state index contributed by atoms with van der Waals surface area (Å²) in [5, 5.41) is 0. The summed E-state index contributed by atoms with van der Waals surface area (Å²) in [6.07, 6.45) is 5.20. The summed E-state index contributed by atoms with van der Waals surface area (Å²) in [5.41, 5.74) is 0. The molecular formula is C11H21ClO2. The van der Waals surface area contributed by atoms with Gasteiger partial charge in [0.15, 0.2) is 0 Å². The maximum atomic E-state index is 11.2. The molecule has 0 saturated carbocycles. The van der Waals surface area contributed by atoms with Crippen molar-refractivity contribution in [3.63, 3.8) is 0 Å². The Morgan fingerprint density at radius 1 is 0.857 bits per heavy atom. The second-order valence-corrected chi connectivity index (χ2v) is 3.46. The molecule has 0 fully saturated rings. The van der Waals surface area contributed by atoms with Crippen LogP contribution >= 0.6 is 12.4 Å². The molecule has 0 rings (SSSR count). The fourth-order valence-corrected chi connectivity index (χ4v) is 1.14. The number of rotatable bonds is 8. The van der Waals surface area contributed by atoms with E-state index in [1.54, 1.807) is 0 Å². The highest BCUT2D eigenvalue weighted by atomic mass is 35.5. The van der Waals surface area contributed by atoms with Crippen molar-refractivity contribution in [1.82, 2.24) is 0 Å². The fourth-order valence-electron chi connectivity index (χ4n) is 1.14. The van der Waals surface area contributed by atoms with Gasteiger partial charge in [-0.15, -0.1) is 12.4 Å². The van der Waals surface area contributed by atoms with E-state index < -0.39 is 0 Å². The molecule has 2 nitrogen and oxygen atoms in total. The van der Waals surface area contributed by atoms with Crippen LogP contribution < -0.4 is 0 Å². The molecule has 0 radical (unpaired) electrons. The summed E-state index contributed by atoms with van der Waals surface area (Å²) in [6, 6.07) is 0. The van der Waals surface area contributed by atoms with Crippen LogP contribution in [0.5, 0.6) is 0 Å². The summed E-state index contributed by atoms with van der Waals surface area (Å²) in [4.78, 5) is 22.3. The number of carbonyl (C=O) groups excluding carboxylic acids is 2. The second-order valence-electron chi connectivity index (χ2n) is 3.46. The smallest absolute Gasteiger partial charge is 0.140 e. The van der Waals surface area contributed by atoms with Crippen LogP contribution in [0, 0.1) is 0 Å². The molecule has 0 aromatic carbocycles. The van der Waals surface area contributed by atoms with Crippen molar-refractivity contribution in [2.45, 2.75) is 58.8 Å². The zero-order valence-corrected chi connectivity index (χ0v) is 9.99. The predicted molar refractivity (Wildman–Crippen MR) is 60.9 cm³/mol. The first kappa shape index (κ1) is 16.1. The van der Waals surface area contributed by atoms with E-state index in [1.165, 1.54) is 0 Å². The minimum Gasteiger partial charge on any atom is -0.299 e. The molecule has 0 aromatic rings. The highest BCUT2D eigenvalue weighted by Gasteiger charge is 2.07. The Kier molecular flexibility index (Phi) is 12.3. The Hall–Kier alpha value is -0.370. The van der Waals surface area contributed by atoms with E-state index in [2.05, 4.69) is 0 Å². The lowest BCUT2D eigenvalue weighted by atomic mass is 10.1. The molecule has 0 aromatic heterocycles. The number of hydrogen-bond acceptors (Lipinski definition) is 2. The van der Waals surface area contributed by atoms with E-state index in [4.69, 9.17) is 0 Å². The van der Waals surface area contributed by atoms with Gasteiger partial charge in [-0.3, -0.25) is 9.59 Å². The number of hydrogen-bond donors (Lipinski definition) is 0. The average molecular weight is 221 g/mol. The molecule has 0 aliphatic carbocycles. The van der Waals surface area contributed by atoms with Gasteiger partial charge in [0.1, 0.15) is 11.6 Å². The van der Waals surface area contributed by atoms with Crippen LogP contribution in [-0.4, -0.2) is 11.6 Å². The van der Waals surface area contributed by atoms with Crippen molar-refractivity contribution in [1.29, 1.82) is 0 Å². The van der Waals surface area contributed by atoms with Crippen LogP contribution in [0.15, 0.2) is 0 Å². The third-order valence-electron chi connectivity index (χ3n) is 2.01. The molecule has 0 amide bonds. The molecule has 3 heteroatoms. The van der Waals surface area contributed by atoms with E-state index in [1.807, 2.05) is 13.8 Å². The number of carbonyl (C=O) groups is 2. The average Bonchev–Trinajstić information content (AvgIpc) is 2.11. The van der Waals surface area contributed by atoms with Gasteiger partial charge in [0.25, 0.3) is 0 Å². The zero-order chi connectivity index (χ0) is 10.1. The van der Waals surface area contributed by atoms with E-state index in [-0.39, 0.29) is 30.4 Å². The van der Waals surface area contributed by atoms with Gasteiger partial charge in [0.2, 0.25) is 0 Å². The highest BCUT2D eigenvalue weighted by Crippen LogP contribution is 2.03. The molecule has 0 aliphatic rings. The SMILES string of the molecule is CCCCC(=O)CC(=O)CCCC.Cl. The van der Waals surface area contributed by atoms with Crippen LogP contribution in [0.1, 0.15) is 58.8 Å². The normalized spacial score (nSPS) is 9.29. The fraction of sp³-hybridized carbons (Fsp3) is 0.818. The first-order valence-corrected chi connectivity index (χ1v) is 5.24. The predicted octanol–water partition coefficient (Wildman–Crippen LogP) is 3.32. The number of ketones is 2. The standard InChI is InChI=1S/C11H20O2.ClH/c1-3-5-7-10(12)9-11(13)8-6-4-2;/h3-9H2,1-2H3;1H. The molecule has 14 heavy (non-hydrogen) atoms. The molecule has 0 spiro atoms. The van der Waals surface area contributed by atoms with E-state index in [9.17, 15) is 9.59 Å². The quantitative estimate of drug-likeness (QED) is 0.588. The van der Waals surface area contributed by atoms with Crippen molar-refractivity contribution < 1.29 is 9.59 Å². The highest BCUT2D eigenvalue weighted by molar-refractivity contribution is 5.98. The minimum absolute atomic E-state index is 0. The van der Waals surface area contributed by atoms with Gasteiger partial charge in [-0.1, -0.05) is 26.7 Å². The third-order valence-corrected chi connectivity index (χ3v) is 2.01. The summed E-state index contributed by atoms with van der Waals surface area (Å²) in [5.74, 6) is 0.228. The van der Waals surface area contributed by atoms with Gasteiger partial charge in [-0.25, -0.2) is 0 Å².